The van der Waals surface area contributed by atoms with Crippen LogP contribution < -0.4 is 10.2 Å². The summed E-state index contributed by atoms with van der Waals surface area (Å²) in [6, 6.07) is 11.4. The monoisotopic (exact) mass is 496 g/mol. The molecule has 2 fully saturated rings. The second kappa shape index (κ2) is 11.1. The maximum Gasteiger partial charge on any atom is 0.253 e. The van der Waals surface area contributed by atoms with Crippen molar-refractivity contribution in [1.29, 1.82) is 5.26 Å². The highest BCUT2D eigenvalue weighted by Gasteiger charge is 2.34. The zero-order chi connectivity index (χ0) is 24.9. The Balaban J connectivity index is 0.00000361. The first-order valence-corrected chi connectivity index (χ1v) is 12.5. The number of pyridine rings is 1. The number of amides is 2. The molecule has 186 valence electrons. The fourth-order valence-electron chi connectivity index (χ4n) is 5.11. The fraction of sp³-hybridized carbons (Fsp3) is 0.462. The van der Waals surface area contributed by atoms with Crippen LogP contribution in [0.3, 0.4) is 0 Å². The number of carbonyl (C=O) groups is 2. The molecule has 0 unspecified atom stereocenters. The third-order valence-corrected chi connectivity index (χ3v) is 7.37. The SMILES string of the molecule is CC[C@H]1CN(c2ncc(C(=O)NC)cc2Cl)CCN1C1CCN(C(=O)c2ccc(C#N)cc2)CC1.[HH]. The second-order valence-electron chi connectivity index (χ2n) is 9.07. The number of carbonyl (C=O) groups excluding carboxylic acids is 2. The Morgan fingerprint density at radius 3 is 2.49 bits per heavy atom. The molecule has 3 heterocycles. The molecule has 35 heavy (non-hydrogen) atoms. The first-order chi connectivity index (χ1) is 16.9. The van der Waals surface area contributed by atoms with E-state index < -0.39 is 0 Å². The molecule has 1 aromatic carbocycles. The van der Waals surface area contributed by atoms with Gasteiger partial charge in [-0.2, -0.15) is 5.26 Å². The lowest BCUT2D eigenvalue weighted by molar-refractivity contribution is 0.0490. The van der Waals surface area contributed by atoms with Crippen LogP contribution in [-0.2, 0) is 0 Å². The Morgan fingerprint density at radius 1 is 1.17 bits per heavy atom. The molecule has 2 aliphatic heterocycles. The molecule has 2 amide bonds. The molecule has 1 aromatic heterocycles. The summed E-state index contributed by atoms with van der Waals surface area (Å²) < 4.78 is 0. The summed E-state index contributed by atoms with van der Waals surface area (Å²) in [5.41, 5.74) is 1.65. The molecule has 4 rings (SSSR count). The third-order valence-electron chi connectivity index (χ3n) is 7.09. The van der Waals surface area contributed by atoms with E-state index in [-0.39, 0.29) is 13.2 Å². The number of likely N-dealkylation sites (tertiary alicyclic amines) is 1. The number of rotatable bonds is 5. The van der Waals surface area contributed by atoms with Crippen LogP contribution >= 0.6 is 11.6 Å². The van der Waals surface area contributed by atoms with E-state index in [4.69, 9.17) is 16.9 Å². The van der Waals surface area contributed by atoms with Gasteiger partial charge in [-0.1, -0.05) is 18.5 Å². The average molecular weight is 497 g/mol. The molecule has 0 aliphatic carbocycles. The van der Waals surface area contributed by atoms with Gasteiger partial charge in [-0.05, 0) is 49.6 Å². The number of benzene rings is 1. The smallest absolute Gasteiger partial charge is 0.253 e. The first-order valence-electron chi connectivity index (χ1n) is 12.1. The quantitative estimate of drug-likeness (QED) is 0.681. The van der Waals surface area contributed by atoms with Crippen molar-refractivity contribution >= 4 is 29.2 Å². The lowest BCUT2D eigenvalue weighted by Crippen LogP contribution is -2.58. The molecular formula is C26H33ClN6O2. The minimum Gasteiger partial charge on any atom is -0.355 e. The minimum absolute atomic E-state index is 0. The topological polar surface area (TPSA) is 92.6 Å². The number of nitrogens with zero attached hydrogens (tertiary/aromatic N) is 5. The van der Waals surface area contributed by atoms with E-state index in [0.717, 1.165) is 57.8 Å². The van der Waals surface area contributed by atoms with Crippen molar-refractivity contribution < 1.29 is 11.0 Å². The number of nitriles is 1. The number of nitrogens with one attached hydrogen (secondary N) is 1. The molecule has 1 N–H and O–H groups in total. The van der Waals surface area contributed by atoms with Gasteiger partial charge in [0.15, 0.2) is 0 Å². The molecule has 0 spiro atoms. The number of hydrogen-bond donors (Lipinski definition) is 1. The predicted molar refractivity (Wildman–Crippen MR) is 138 cm³/mol. The van der Waals surface area contributed by atoms with Crippen molar-refractivity contribution in [2.24, 2.45) is 0 Å². The van der Waals surface area contributed by atoms with Gasteiger partial charge in [-0.3, -0.25) is 14.5 Å². The maximum atomic E-state index is 12.9. The van der Waals surface area contributed by atoms with Crippen molar-refractivity contribution in [2.75, 3.05) is 44.7 Å². The van der Waals surface area contributed by atoms with Crippen LogP contribution in [0.4, 0.5) is 5.82 Å². The Kier molecular flexibility index (Phi) is 7.89. The van der Waals surface area contributed by atoms with Gasteiger partial charge in [0.25, 0.3) is 11.8 Å². The largest absolute Gasteiger partial charge is 0.355 e. The Hall–Kier alpha value is -3.15. The number of piperazine rings is 1. The normalized spacial score (nSPS) is 19.3. The molecule has 1 atom stereocenters. The van der Waals surface area contributed by atoms with Gasteiger partial charge in [0.1, 0.15) is 5.82 Å². The van der Waals surface area contributed by atoms with Crippen LogP contribution in [0.25, 0.3) is 0 Å². The molecule has 9 heteroatoms. The van der Waals surface area contributed by atoms with Crippen LogP contribution in [0.15, 0.2) is 36.5 Å². The summed E-state index contributed by atoms with van der Waals surface area (Å²) in [5, 5.41) is 12.1. The molecule has 2 saturated heterocycles. The van der Waals surface area contributed by atoms with Crippen molar-refractivity contribution in [1.82, 2.24) is 20.1 Å². The van der Waals surface area contributed by atoms with Crippen LogP contribution in [0.1, 0.15) is 53.9 Å². The van der Waals surface area contributed by atoms with Gasteiger partial charge in [0.05, 0.1) is 22.2 Å². The summed E-state index contributed by atoms with van der Waals surface area (Å²) in [6.45, 7) is 6.21. The highest BCUT2D eigenvalue weighted by atomic mass is 35.5. The number of aromatic nitrogens is 1. The molecule has 2 aromatic rings. The molecule has 0 saturated carbocycles. The van der Waals surface area contributed by atoms with Gasteiger partial charge in [-0.25, -0.2) is 4.98 Å². The summed E-state index contributed by atoms with van der Waals surface area (Å²) in [4.78, 5) is 36.0. The number of piperidine rings is 1. The number of anilines is 1. The van der Waals surface area contributed by atoms with Gasteiger partial charge < -0.3 is 15.1 Å². The van der Waals surface area contributed by atoms with Crippen LogP contribution in [0.2, 0.25) is 5.02 Å². The standard InChI is InChI=1S/C26H31ClN6O2.H2/c1-3-21-17-32(24-23(27)14-20(16-30-24)25(34)29-2)12-13-33(21)22-8-10-31(11-9-22)26(35)19-6-4-18(15-28)5-7-19;/h4-7,14,16,21-22H,3,8-13,17H2,1-2H3,(H,29,34);1H/t21-;/m0./s1. The zero-order valence-electron chi connectivity index (χ0n) is 20.2. The predicted octanol–water partition coefficient (Wildman–Crippen LogP) is 3.42. The van der Waals surface area contributed by atoms with E-state index in [0.29, 0.717) is 33.8 Å². The summed E-state index contributed by atoms with van der Waals surface area (Å²) >= 11 is 6.50. The van der Waals surface area contributed by atoms with Crippen molar-refractivity contribution in [2.45, 2.75) is 38.3 Å². The van der Waals surface area contributed by atoms with E-state index >= 15 is 0 Å². The Morgan fingerprint density at radius 2 is 1.89 bits per heavy atom. The second-order valence-corrected chi connectivity index (χ2v) is 9.47. The van der Waals surface area contributed by atoms with E-state index in [1.807, 2.05) is 4.90 Å². The van der Waals surface area contributed by atoms with E-state index in [9.17, 15) is 9.59 Å². The fourth-order valence-corrected chi connectivity index (χ4v) is 5.39. The van der Waals surface area contributed by atoms with Crippen LogP contribution in [0, 0.1) is 11.3 Å². The lowest BCUT2D eigenvalue weighted by atomic mass is 9.97. The Labute approximate surface area is 213 Å². The van der Waals surface area contributed by atoms with E-state index in [1.165, 1.54) is 0 Å². The summed E-state index contributed by atoms with van der Waals surface area (Å²) in [7, 11) is 1.59. The molecule has 8 nitrogen and oxygen atoms in total. The molecule has 2 aliphatic rings. The number of hydrogen-bond acceptors (Lipinski definition) is 6. The Bertz CT molecular complexity index is 1110. The minimum atomic E-state index is -0.203. The molecule has 0 radical (unpaired) electrons. The van der Waals surface area contributed by atoms with Gasteiger partial charge in [0, 0.05) is 65.0 Å². The van der Waals surface area contributed by atoms with Crippen LogP contribution in [-0.4, -0.2) is 78.5 Å². The van der Waals surface area contributed by atoms with E-state index in [2.05, 4.69) is 33.1 Å². The first kappa shape index (κ1) is 25.0. The molecule has 0 bridgehead atoms. The average Bonchev–Trinajstić information content (AvgIpc) is 2.92. The number of halogens is 1. The van der Waals surface area contributed by atoms with E-state index in [1.54, 1.807) is 43.6 Å². The van der Waals surface area contributed by atoms with Crippen molar-refractivity contribution in [3.63, 3.8) is 0 Å². The van der Waals surface area contributed by atoms with Crippen molar-refractivity contribution in [3.8, 4) is 6.07 Å². The summed E-state index contributed by atoms with van der Waals surface area (Å²) in [5.74, 6) is 0.553. The lowest BCUT2D eigenvalue weighted by Gasteiger charge is -2.47. The summed E-state index contributed by atoms with van der Waals surface area (Å²) in [6.07, 6.45) is 4.47. The highest BCUT2D eigenvalue weighted by Crippen LogP contribution is 2.29. The van der Waals surface area contributed by atoms with Gasteiger partial charge in [0.2, 0.25) is 0 Å². The van der Waals surface area contributed by atoms with Gasteiger partial charge in [-0.15, -0.1) is 0 Å². The third kappa shape index (κ3) is 5.42. The maximum absolute atomic E-state index is 12.9. The van der Waals surface area contributed by atoms with Crippen LogP contribution in [0.5, 0.6) is 0 Å². The zero-order valence-corrected chi connectivity index (χ0v) is 21.0. The van der Waals surface area contributed by atoms with Crippen molar-refractivity contribution in [3.05, 3.63) is 58.2 Å². The molecular weight excluding hydrogens is 464 g/mol. The highest BCUT2D eigenvalue weighted by molar-refractivity contribution is 6.33. The van der Waals surface area contributed by atoms with Gasteiger partial charge >= 0.3 is 0 Å².